The molecule has 1 heterocycles. The Bertz CT molecular complexity index is 312. The van der Waals surface area contributed by atoms with Crippen molar-refractivity contribution in [2.75, 3.05) is 13.1 Å². The van der Waals surface area contributed by atoms with Crippen molar-refractivity contribution in [2.45, 2.75) is 45.6 Å². The number of piperazine rings is 1. The topological polar surface area (TPSA) is 49.4 Å². The lowest BCUT2D eigenvalue weighted by molar-refractivity contribution is -0.146. The van der Waals surface area contributed by atoms with E-state index in [1.54, 1.807) is 4.90 Å². The van der Waals surface area contributed by atoms with Crippen molar-refractivity contribution in [1.29, 1.82) is 0 Å². The van der Waals surface area contributed by atoms with Crippen molar-refractivity contribution in [1.82, 2.24) is 10.2 Å². The summed E-state index contributed by atoms with van der Waals surface area (Å²) < 4.78 is 0. The van der Waals surface area contributed by atoms with E-state index in [0.29, 0.717) is 0 Å². The van der Waals surface area contributed by atoms with E-state index >= 15 is 0 Å². The van der Waals surface area contributed by atoms with E-state index in [9.17, 15) is 9.59 Å². The molecule has 0 spiro atoms. The van der Waals surface area contributed by atoms with E-state index in [-0.39, 0.29) is 36.4 Å². The molecule has 16 heavy (non-hydrogen) atoms. The third kappa shape index (κ3) is 2.06. The zero-order valence-electron chi connectivity index (χ0n) is 10.1. The molecule has 0 aromatic carbocycles. The molecule has 1 saturated heterocycles. The Morgan fingerprint density at radius 3 is 2.75 bits per heavy atom. The van der Waals surface area contributed by atoms with Crippen LogP contribution in [0, 0.1) is 5.41 Å². The smallest absolute Gasteiger partial charge is 0.242 e. The van der Waals surface area contributed by atoms with Crippen LogP contribution in [0.25, 0.3) is 0 Å². The first-order chi connectivity index (χ1) is 7.50. The Morgan fingerprint density at radius 2 is 2.06 bits per heavy atom. The second-order valence-electron chi connectivity index (χ2n) is 5.55. The second-order valence-corrected chi connectivity index (χ2v) is 5.55. The standard InChI is InChI=1S/C12H20N2O2/c1-12(2)6-4-3-5-9(12)14-8-10(15)13-7-11(14)16/h9H,3-8H2,1-2H3,(H,13,15). The highest BCUT2D eigenvalue weighted by molar-refractivity contribution is 5.92. The molecule has 1 atom stereocenters. The molecule has 2 fully saturated rings. The minimum Gasteiger partial charge on any atom is -0.345 e. The lowest BCUT2D eigenvalue weighted by Gasteiger charge is -2.46. The van der Waals surface area contributed by atoms with Crippen LogP contribution in [0.1, 0.15) is 39.5 Å². The van der Waals surface area contributed by atoms with Crippen LogP contribution in [0.2, 0.25) is 0 Å². The molecule has 1 saturated carbocycles. The summed E-state index contributed by atoms with van der Waals surface area (Å²) in [6.45, 7) is 4.82. The summed E-state index contributed by atoms with van der Waals surface area (Å²) in [5.74, 6) is 0.0422. The number of hydrogen-bond acceptors (Lipinski definition) is 2. The highest BCUT2D eigenvalue weighted by atomic mass is 16.2. The Hall–Kier alpha value is -1.06. The maximum Gasteiger partial charge on any atom is 0.242 e. The monoisotopic (exact) mass is 224 g/mol. The summed E-state index contributed by atoms with van der Waals surface area (Å²) in [6.07, 6.45) is 4.58. The van der Waals surface area contributed by atoms with Crippen LogP contribution in [0.15, 0.2) is 0 Å². The van der Waals surface area contributed by atoms with Crippen molar-refractivity contribution in [3.8, 4) is 0 Å². The second kappa shape index (κ2) is 4.07. The van der Waals surface area contributed by atoms with Crippen molar-refractivity contribution in [2.24, 2.45) is 5.41 Å². The van der Waals surface area contributed by atoms with Gasteiger partial charge in [-0.3, -0.25) is 9.59 Å². The fourth-order valence-electron chi connectivity index (χ4n) is 2.91. The highest BCUT2D eigenvalue weighted by Crippen LogP contribution is 2.38. The molecular formula is C12H20N2O2. The van der Waals surface area contributed by atoms with E-state index in [4.69, 9.17) is 0 Å². The highest BCUT2D eigenvalue weighted by Gasteiger charge is 2.40. The predicted molar refractivity (Wildman–Crippen MR) is 60.8 cm³/mol. The summed E-state index contributed by atoms with van der Waals surface area (Å²) >= 11 is 0. The number of amides is 2. The normalized spacial score (nSPS) is 30.1. The summed E-state index contributed by atoms with van der Waals surface area (Å²) in [5.41, 5.74) is 0.144. The van der Waals surface area contributed by atoms with E-state index in [1.165, 1.54) is 12.8 Å². The van der Waals surface area contributed by atoms with Gasteiger partial charge in [-0.25, -0.2) is 0 Å². The lowest BCUT2D eigenvalue weighted by Crippen LogP contribution is -2.59. The van der Waals surface area contributed by atoms with Crippen LogP contribution in [-0.4, -0.2) is 35.8 Å². The number of hydrogen-bond donors (Lipinski definition) is 1. The first kappa shape index (κ1) is 11.4. The Labute approximate surface area is 96.4 Å². The lowest BCUT2D eigenvalue weighted by atomic mass is 9.72. The zero-order valence-corrected chi connectivity index (χ0v) is 10.1. The first-order valence-corrected chi connectivity index (χ1v) is 6.07. The Morgan fingerprint density at radius 1 is 1.31 bits per heavy atom. The van der Waals surface area contributed by atoms with Gasteiger partial charge in [0.2, 0.25) is 11.8 Å². The quantitative estimate of drug-likeness (QED) is 0.720. The number of carbonyl (C=O) groups is 2. The average Bonchev–Trinajstić information content (AvgIpc) is 2.22. The van der Waals surface area contributed by atoms with Gasteiger partial charge in [-0.2, -0.15) is 0 Å². The minimum atomic E-state index is -0.0269. The molecule has 4 heteroatoms. The first-order valence-electron chi connectivity index (χ1n) is 6.07. The van der Waals surface area contributed by atoms with E-state index in [2.05, 4.69) is 19.2 Å². The van der Waals surface area contributed by atoms with Gasteiger partial charge >= 0.3 is 0 Å². The molecule has 1 aliphatic heterocycles. The van der Waals surface area contributed by atoms with Gasteiger partial charge in [0.15, 0.2) is 0 Å². The average molecular weight is 224 g/mol. The maximum absolute atomic E-state index is 11.8. The van der Waals surface area contributed by atoms with Crippen molar-refractivity contribution in [3.63, 3.8) is 0 Å². The largest absolute Gasteiger partial charge is 0.345 e. The van der Waals surface area contributed by atoms with Gasteiger partial charge in [0.25, 0.3) is 0 Å². The van der Waals surface area contributed by atoms with E-state index < -0.39 is 0 Å². The van der Waals surface area contributed by atoms with E-state index in [1.807, 2.05) is 0 Å². The molecule has 2 amide bonds. The SMILES string of the molecule is CC1(C)CCCCC1N1CC(=O)NCC1=O. The van der Waals surface area contributed by atoms with Crippen LogP contribution < -0.4 is 5.32 Å². The summed E-state index contributed by atoms with van der Waals surface area (Å²) in [4.78, 5) is 25.0. The molecule has 0 aromatic rings. The molecule has 0 bridgehead atoms. The van der Waals surface area contributed by atoms with Crippen LogP contribution >= 0.6 is 0 Å². The molecule has 1 unspecified atom stereocenters. The third-order valence-electron chi connectivity index (χ3n) is 3.90. The summed E-state index contributed by atoms with van der Waals surface area (Å²) in [7, 11) is 0. The van der Waals surface area contributed by atoms with Crippen LogP contribution in [-0.2, 0) is 9.59 Å². The molecule has 1 N–H and O–H groups in total. The fraction of sp³-hybridized carbons (Fsp3) is 0.833. The fourth-order valence-corrected chi connectivity index (χ4v) is 2.91. The molecule has 90 valence electrons. The number of rotatable bonds is 1. The van der Waals surface area contributed by atoms with Gasteiger partial charge < -0.3 is 10.2 Å². The number of nitrogens with zero attached hydrogens (tertiary/aromatic N) is 1. The molecule has 2 aliphatic rings. The van der Waals surface area contributed by atoms with Crippen LogP contribution in [0.5, 0.6) is 0 Å². The maximum atomic E-state index is 11.8. The van der Waals surface area contributed by atoms with Gasteiger partial charge in [0, 0.05) is 6.04 Å². The van der Waals surface area contributed by atoms with Gasteiger partial charge in [0.1, 0.15) is 0 Å². The minimum absolute atomic E-state index is 0.0269. The van der Waals surface area contributed by atoms with Gasteiger partial charge in [-0.15, -0.1) is 0 Å². The zero-order chi connectivity index (χ0) is 11.8. The van der Waals surface area contributed by atoms with Gasteiger partial charge in [0.05, 0.1) is 13.1 Å². The Balaban J connectivity index is 2.15. The van der Waals surface area contributed by atoms with E-state index in [0.717, 1.165) is 12.8 Å². The third-order valence-corrected chi connectivity index (χ3v) is 3.90. The molecule has 0 radical (unpaired) electrons. The predicted octanol–water partition coefficient (Wildman–Crippen LogP) is 0.914. The van der Waals surface area contributed by atoms with Gasteiger partial charge in [-0.05, 0) is 18.3 Å². The molecule has 1 aliphatic carbocycles. The van der Waals surface area contributed by atoms with Crippen molar-refractivity contribution in [3.05, 3.63) is 0 Å². The summed E-state index contributed by atoms with van der Waals surface area (Å²) in [6, 6.07) is 0.236. The number of nitrogens with one attached hydrogen (secondary N) is 1. The molecule has 2 rings (SSSR count). The van der Waals surface area contributed by atoms with Gasteiger partial charge in [-0.1, -0.05) is 26.7 Å². The number of carbonyl (C=O) groups excluding carboxylic acids is 2. The van der Waals surface area contributed by atoms with Crippen LogP contribution in [0.4, 0.5) is 0 Å². The molecule has 4 nitrogen and oxygen atoms in total. The van der Waals surface area contributed by atoms with Crippen molar-refractivity contribution >= 4 is 11.8 Å². The Kier molecular flexibility index (Phi) is 2.91. The van der Waals surface area contributed by atoms with Crippen molar-refractivity contribution < 1.29 is 9.59 Å². The molecular weight excluding hydrogens is 204 g/mol. The molecule has 0 aromatic heterocycles. The van der Waals surface area contributed by atoms with Crippen LogP contribution in [0.3, 0.4) is 0 Å². The summed E-state index contributed by atoms with van der Waals surface area (Å²) in [5, 5.41) is 2.60.